The summed E-state index contributed by atoms with van der Waals surface area (Å²) >= 11 is 0. The number of methoxy groups -OCH3 is 1. The van der Waals surface area contributed by atoms with Crippen LogP contribution >= 0.6 is 0 Å². The molecule has 3 aliphatic heterocycles. The van der Waals surface area contributed by atoms with Gasteiger partial charge in [0.15, 0.2) is 12.6 Å². The highest BCUT2D eigenvalue weighted by atomic mass is 16.7. The number of aliphatic hydroxyl groups excluding tert-OH is 2. The molecule has 4 N–H and O–H groups in total. The Hall–Kier alpha value is -0.970. The lowest BCUT2D eigenvalue weighted by Crippen LogP contribution is -2.59. The van der Waals surface area contributed by atoms with Crippen LogP contribution in [0.4, 0.5) is 0 Å². The van der Waals surface area contributed by atoms with Crippen LogP contribution in [0.25, 0.3) is 0 Å². The lowest BCUT2D eigenvalue weighted by molar-refractivity contribution is -0.308. The van der Waals surface area contributed by atoms with Gasteiger partial charge in [-0.1, -0.05) is 72.6 Å². The van der Waals surface area contributed by atoms with Gasteiger partial charge in [-0.15, -0.1) is 0 Å². The lowest BCUT2D eigenvalue weighted by atomic mass is 9.77. The van der Waals surface area contributed by atoms with Crippen molar-refractivity contribution in [3.05, 3.63) is 0 Å². The van der Waals surface area contributed by atoms with Crippen molar-refractivity contribution in [3.8, 4) is 0 Å². The Bertz CT molecular complexity index is 1260. The minimum Gasteiger partial charge on any atom is -0.459 e. The molecule has 3 saturated heterocycles. The third-order valence-corrected chi connectivity index (χ3v) is 14.4. The summed E-state index contributed by atoms with van der Waals surface area (Å²) in [5.74, 6) is -2.27. The van der Waals surface area contributed by atoms with Crippen molar-refractivity contribution >= 4 is 5.97 Å². The Labute approximate surface area is 364 Å². The minimum absolute atomic E-state index is 0.0761. The number of cyclic esters (lactones) is 1. The summed E-state index contributed by atoms with van der Waals surface area (Å²) in [7, 11) is 5.62. The SMILES string of the molecule is CCCCCCCCCCN(C)C1C[C@H](O[C@@H]2[C@@H](C)[C@H](O[C@H]3C[C@@](C)(OC)[C@@H](O)[C@H](C)O3)[C@@H](C)C(=O)O[C@H](CC)[C@@](C)(O)[C@H](O)[C@@H](C)N(C)C[C@H](C)C[C@@]2(C)O)O[C@H](C)C1. The van der Waals surface area contributed by atoms with Gasteiger partial charge in [0.2, 0.25) is 0 Å². The smallest absolute Gasteiger partial charge is 0.311 e. The zero-order valence-corrected chi connectivity index (χ0v) is 40.2. The highest BCUT2D eigenvalue weighted by molar-refractivity contribution is 5.73. The van der Waals surface area contributed by atoms with Crippen LogP contribution in [0.15, 0.2) is 0 Å². The predicted octanol–water partition coefficient (Wildman–Crippen LogP) is 6.44. The lowest BCUT2D eigenvalue weighted by Gasteiger charge is -2.48. The molecule has 3 rings (SSSR count). The molecule has 0 aromatic rings. The predicted molar refractivity (Wildman–Crippen MR) is 234 cm³/mol. The Balaban J connectivity index is 2.01. The van der Waals surface area contributed by atoms with Gasteiger partial charge in [-0.2, -0.15) is 0 Å². The van der Waals surface area contributed by atoms with Gasteiger partial charge in [0.25, 0.3) is 0 Å². The summed E-state index contributed by atoms with van der Waals surface area (Å²) in [6.45, 7) is 22.0. The molecule has 0 amide bonds. The van der Waals surface area contributed by atoms with Crippen LogP contribution in [0.1, 0.15) is 160 Å². The van der Waals surface area contributed by atoms with Crippen molar-refractivity contribution in [2.24, 2.45) is 17.8 Å². The maximum Gasteiger partial charge on any atom is 0.311 e. The second-order valence-corrected chi connectivity index (χ2v) is 20.0. The molecule has 1 unspecified atom stereocenters. The van der Waals surface area contributed by atoms with Crippen LogP contribution in [0.5, 0.6) is 0 Å². The van der Waals surface area contributed by atoms with Crippen molar-refractivity contribution in [1.29, 1.82) is 0 Å². The summed E-state index contributed by atoms with van der Waals surface area (Å²) in [5, 5.41) is 47.2. The van der Waals surface area contributed by atoms with Gasteiger partial charge < -0.3 is 58.6 Å². The van der Waals surface area contributed by atoms with Crippen LogP contribution in [-0.2, 0) is 33.2 Å². The fourth-order valence-corrected chi connectivity index (χ4v) is 10.3. The van der Waals surface area contributed by atoms with Gasteiger partial charge in [0.1, 0.15) is 23.9 Å². The van der Waals surface area contributed by atoms with Gasteiger partial charge in [0, 0.05) is 44.5 Å². The fraction of sp³-hybridized carbons (Fsp3) is 0.979. The van der Waals surface area contributed by atoms with Crippen molar-refractivity contribution < 1.29 is 53.6 Å². The number of hydrogen-bond donors (Lipinski definition) is 4. The molecule has 0 aromatic heterocycles. The monoisotopic (exact) mass is 859 g/mol. The molecule has 3 aliphatic rings. The fourth-order valence-electron chi connectivity index (χ4n) is 10.3. The standard InChI is InChI=1S/C47H90N2O11/c1-15-17-18-19-20-21-22-23-24-48(12)36-25-31(4)56-38(26-36)60-43-32(5)40(59-39-28-46(10,55-14)42(51)35(8)57-39)33(6)44(52)58-37(16-2)47(11,54)41(50)34(7)49(13)29-30(3)27-45(43,9)53/h30-43,50-51,53-54H,15-29H2,1-14H3/t30-,31-,32+,33-,34-,35+,36?,37-,38+,39+,40+,41-,42+,43-,45-,46-,47-/m1/s1. The second kappa shape index (κ2) is 23.8. The number of hydrogen-bond acceptors (Lipinski definition) is 13. The van der Waals surface area contributed by atoms with Crippen LogP contribution in [0.2, 0.25) is 0 Å². The molecule has 0 radical (unpaired) electrons. The van der Waals surface area contributed by atoms with Crippen molar-refractivity contribution in [3.63, 3.8) is 0 Å². The number of carbonyl (C=O) groups is 1. The average molecular weight is 859 g/mol. The van der Waals surface area contributed by atoms with Crippen LogP contribution < -0.4 is 0 Å². The second-order valence-electron chi connectivity index (χ2n) is 20.0. The Kier molecular flexibility index (Phi) is 21.2. The first kappa shape index (κ1) is 53.4. The summed E-state index contributed by atoms with van der Waals surface area (Å²) in [5.41, 5.74) is -4.20. The molecule has 13 heteroatoms. The van der Waals surface area contributed by atoms with E-state index in [1.165, 1.54) is 51.9 Å². The highest BCUT2D eigenvalue weighted by Crippen LogP contribution is 2.40. The third kappa shape index (κ3) is 14.3. The molecule has 0 aromatic carbocycles. The largest absolute Gasteiger partial charge is 0.459 e. The Morgan fingerprint density at radius 2 is 1.45 bits per heavy atom. The van der Waals surface area contributed by atoms with E-state index in [1.807, 2.05) is 39.6 Å². The molecule has 0 saturated carbocycles. The first-order chi connectivity index (χ1) is 28.0. The molecule has 0 spiro atoms. The normalized spacial score (nSPS) is 43.4. The van der Waals surface area contributed by atoms with Gasteiger partial charge in [0.05, 0.1) is 41.5 Å². The van der Waals surface area contributed by atoms with E-state index in [0.29, 0.717) is 19.4 Å². The summed E-state index contributed by atoms with van der Waals surface area (Å²) in [6, 6.07) is -0.279. The number of unbranched alkanes of at least 4 members (excludes halogenated alkanes) is 7. The molecule has 17 atom stereocenters. The summed E-state index contributed by atoms with van der Waals surface area (Å²) in [4.78, 5) is 18.8. The summed E-state index contributed by atoms with van der Waals surface area (Å²) < 4.78 is 38.6. The number of carbonyl (C=O) groups excluding carboxylic acids is 1. The van der Waals surface area contributed by atoms with Crippen LogP contribution in [0.3, 0.4) is 0 Å². The molecule has 3 heterocycles. The van der Waals surface area contributed by atoms with Gasteiger partial charge in [-0.25, -0.2) is 0 Å². The maximum atomic E-state index is 14.4. The number of aliphatic hydroxyl groups is 4. The molecule has 60 heavy (non-hydrogen) atoms. The topological polar surface area (TPSA) is 160 Å². The van der Waals surface area contributed by atoms with Gasteiger partial charge in [-0.05, 0) is 101 Å². The van der Waals surface area contributed by atoms with Crippen molar-refractivity contribution in [2.45, 2.75) is 244 Å². The number of likely N-dealkylation sites (N-methyl/N-ethyl adjacent to an activating group) is 1. The van der Waals surface area contributed by atoms with Crippen molar-refractivity contribution in [1.82, 2.24) is 9.80 Å². The first-order valence-corrected chi connectivity index (χ1v) is 23.6. The van der Waals surface area contributed by atoms with Gasteiger partial charge in [-0.3, -0.25) is 4.79 Å². The number of esters is 1. The van der Waals surface area contributed by atoms with E-state index in [1.54, 1.807) is 27.9 Å². The quantitative estimate of drug-likeness (QED) is 0.0994. The van der Waals surface area contributed by atoms with Crippen LogP contribution in [0, 0.1) is 17.8 Å². The van der Waals surface area contributed by atoms with E-state index in [2.05, 4.69) is 32.7 Å². The zero-order valence-electron chi connectivity index (χ0n) is 40.2. The van der Waals surface area contributed by atoms with E-state index < -0.39 is 89.9 Å². The van der Waals surface area contributed by atoms with Gasteiger partial charge >= 0.3 is 5.97 Å². The molecule has 0 aliphatic carbocycles. The number of rotatable bonds is 16. The molecule has 13 nitrogen and oxygen atoms in total. The van der Waals surface area contributed by atoms with E-state index in [-0.39, 0.29) is 30.9 Å². The van der Waals surface area contributed by atoms with E-state index in [4.69, 9.17) is 28.4 Å². The van der Waals surface area contributed by atoms with Crippen molar-refractivity contribution in [2.75, 3.05) is 34.3 Å². The average Bonchev–Trinajstić information content (AvgIpc) is 3.18. The third-order valence-electron chi connectivity index (χ3n) is 14.4. The summed E-state index contributed by atoms with van der Waals surface area (Å²) in [6.07, 6.45) is 5.16. The van der Waals surface area contributed by atoms with E-state index in [0.717, 1.165) is 19.4 Å². The zero-order chi connectivity index (χ0) is 45.2. The van der Waals surface area contributed by atoms with Crippen LogP contribution in [-0.4, -0.2) is 155 Å². The molecule has 0 bridgehead atoms. The number of nitrogens with zero attached hydrogens (tertiary/aromatic N) is 2. The molecule has 3 fully saturated rings. The molecular formula is C47H90N2O11. The maximum absolute atomic E-state index is 14.4. The minimum atomic E-state index is -1.77. The first-order valence-electron chi connectivity index (χ1n) is 23.6. The Morgan fingerprint density at radius 3 is 2.05 bits per heavy atom. The Morgan fingerprint density at radius 1 is 0.833 bits per heavy atom. The molecule has 354 valence electrons. The molecular weight excluding hydrogens is 769 g/mol. The highest BCUT2D eigenvalue weighted by Gasteiger charge is 2.52. The number of ether oxygens (including phenoxy) is 6. The van der Waals surface area contributed by atoms with E-state index >= 15 is 0 Å². The van der Waals surface area contributed by atoms with E-state index in [9.17, 15) is 25.2 Å².